The summed E-state index contributed by atoms with van der Waals surface area (Å²) in [5, 5.41) is 9.52. The predicted octanol–water partition coefficient (Wildman–Crippen LogP) is 1.82. The number of halogens is 1. The molecule has 3 rings (SSSR count). The molecular weight excluding hydrogens is 334 g/mol. The Kier molecular flexibility index (Phi) is 3.88. The highest BCUT2D eigenvalue weighted by atomic mass is 79.9. The van der Waals surface area contributed by atoms with Crippen LogP contribution >= 0.6 is 15.9 Å². The number of nitrogens with one attached hydrogen (secondary N) is 2. The first-order valence-electron chi connectivity index (χ1n) is 6.76. The van der Waals surface area contributed by atoms with Crippen molar-refractivity contribution in [3.05, 3.63) is 62.0 Å². The first-order valence-corrected chi connectivity index (χ1v) is 7.55. The summed E-state index contributed by atoms with van der Waals surface area (Å²) in [7, 11) is 0. The first-order chi connectivity index (χ1) is 10.1. The van der Waals surface area contributed by atoms with Gasteiger partial charge in [-0.2, -0.15) is 5.10 Å². The smallest absolute Gasteiger partial charge is 0.264 e. The quantitative estimate of drug-likeness (QED) is 0.869. The van der Waals surface area contributed by atoms with Crippen molar-refractivity contribution >= 4 is 21.8 Å². The van der Waals surface area contributed by atoms with Crippen LogP contribution in [0.2, 0.25) is 0 Å². The number of aryl methyl sites for hydroxylation is 1. The number of aromatic amines is 1. The van der Waals surface area contributed by atoms with Crippen molar-refractivity contribution in [3.8, 4) is 0 Å². The maximum Gasteiger partial charge on any atom is 0.264 e. The Hall–Kier alpha value is -1.95. The molecule has 0 aliphatic heterocycles. The topological polar surface area (TPSA) is 74.8 Å². The molecule has 0 radical (unpaired) electrons. The molecule has 0 spiro atoms. The lowest BCUT2D eigenvalue weighted by atomic mass is 9.92. The third-order valence-corrected chi connectivity index (χ3v) is 4.32. The highest BCUT2D eigenvalue weighted by Gasteiger charge is 2.22. The van der Waals surface area contributed by atoms with Crippen molar-refractivity contribution in [1.29, 1.82) is 0 Å². The molecule has 6 heteroatoms. The van der Waals surface area contributed by atoms with E-state index in [1.807, 2.05) is 18.2 Å². The van der Waals surface area contributed by atoms with E-state index in [2.05, 4.69) is 31.4 Å². The summed E-state index contributed by atoms with van der Waals surface area (Å²) in [6.07, 6.45) is 2.22. The van der Waals surface area contributed by atoms with E-state index in [1.165, 1.54) is 0 Å². The number of benzene rings is 1. The Labute approximate surface area is 129 Å². The molecule has 1 aliphatic carbocycles. The van der Waals surface area contributed by atoms with E-state index in [9.17, 15) is 9.59 Å². The molecule has 1 aliphatic rings. The standard InChI is InChI=1S/C15H14BrN3O2/c16-12-4-2-1-3-11(12)15(21)17-10-5-6-13-9(7-10)8-14(20)19-18-13/h1-4,8,10H,5-7H2,(H,17,21)(H,19,20). The number of hydrogen-bond donors (Lipinski definition) is 2. The van der Waals surface area contributed by atoms with Gasteiger partial charge in [-0.1, -0.05) is 12.1 Å². The second-order valence-electron chi connectivity index (χ2n) is 5.10. The number of H-pyrrole nitrogens is 1. The molecule has 0 saturated carbocycles. The number of carbonyl (C=O) groups excluding carboxylic acids is 1. The summed E-state index contributed by atoms with van der Waals surface area (Å²) in [6.45, 7) is 0. The van der Waals surface area contributed by atoms with E-state index in [-0.39, 0.29) is 17.5 Å². The van der Waals surface area contributed by atoms with Crippen LogP contribution in [0.3, 0.4) is 0 Å². The number of aromatic nitrogens is 2. The van der Waals surface area contributed by atoms with E-state index in [0.717, 1.165) is 28.6 Å². The summed E-state index contributed by atoms with van der Waals surface area (Å²) < 4.78 is 0.775. The lowest BCUT2D eigenvalue weighted by Gasteiger charge is -2.24. The lowest BCUT2D eigenvalue weighted by Crippen LogP contribution is -2.39. The number of rotatable bonds is 2. The van der Waals surface area contributed by atoms with Crippen LogP contribution in [0.4, 0.5) is 0 Å². The summed E-state index contributed by atoms with van der Waals surface area (Å²) in [5.41, 5.74) is 2.25. The zero-order chi connectivity index (χ0) is 14.8. The van der Waals surface area contributed by atoms with Crippen LogP contribution in [0, 0.1) is 0 Å². The fourth-order valence-corrected chi connectivity index (χ4v) is 3.04. The van der Waals surface area contributed by atoms with Crippen molar-refractivity contribution in [3.63, 3.8) is 0 Å². The Morgan fingerprint density at radius 1 is 1.38 bits per heavy atom. The third kappa shape index (κ3) is 3.05. The van der Waals surface area contributed by atoms with Crippen LogP contribution in [0.1, 0.15) is 28.0 Å². The molecule has 0 fully saturated rings. The SMILES string of the molecule is O=C(NC1CCc2n[nH]c(=O)cc2C1)c1ccccc1Br. The minimum atomic E-state index is -0.202. The minimum absolute atomic E-state index is 0.0284. The minimum Gasteiger partial charge on any atom is -0.349 e. The Morgan fingerprint density at radius 3 is 3.00 bits per heavy atom. The second-order valence-corrected chi connectivity index (χ2v) is 5.95. The van der Waals surface area contributed by atoms with Crippen molar-refractivity contribution in [2.45, 2.75) is 25.3 Å². The Morgan fingerprint density at radius 2 is 2.19 bits per heavy atom. The van der Waals surface area contributed by atoms with E-state index < -0.39 is 0 Å². The van der Waals surface area contributed by atoms with Gasteiger partial charge in [-0.3, -0.25) is 9.59 Å². The molecule has 1 aromatic carbocycles. The Balaban J connectivity index is 1.74. The fourth-order valence-electron chi connectivity index (χ4n) is 2.57. The van der Waals surface area contributed by atoms with Crippen molar-refractivity contribution < 1.29 is 4.79 Å². The van der Waals surface area contributed by atoms with E-state index >= 15 is 0 Å². The monoisotopic (exact) mass is 347 g/mol. The number of hydrogen-bond acceptors (Lipinski definition) is 3. The van der Waals surface area contributed by atoms with Gasteiger partial charge >= 0.3 is 0 Å². The molecule has 2 aromatic rings. The molecule has 21 heavy (non-hydrogen) atoms. The molecule has 1 amide bonds. The third-order valence-electron chi connectivity index (χ3n) is 3.63. The van der Waals surface area contributed by atoms with Gasteiger partial charge in [0.2, 0.25) is 0 Å². The highest BCUT2D eigenvalue weighted by molar-refractivity contribution is 9.10. The van der Waals surface area contributed by atoms with Crippen LogP contribution in [0.5, 0.6) is 0 Å². The van der Waals surface area contributed by atoms with Gasteiger partial charge in [0.05, 0.1) is 11.3 Å². The summed E-state index contributed by atoms with van der Waals surface area (Å²) in [5.74, 6) is -0.103. The fraction of sp³-hybridized carbons (Fsp3) is 0.267. The maximum atomic E-state index is 12.3. The van der Waals surface area contributed by atoms with E-state index in [1.54, 1.807) is 12.1 Å². The largest absolute Gasteiger partial charge is 0.349 e. The average molecular weight is 348 g/mol. The first kappa shape index (κ1) is 14.0. The lowest BCUT2D eigenvalue weighted by molar-refractivity contribution is 0.0932. The van der Waals surface area contributed by atoms with Gasteiger partial charge in [0.15, 0.2) is 0 Å². The number of fused-ring (bicyclic) bond motifs is 1. The molecule has 0 bridgehead atoms. The zero-order valence-electron chi connectivity index (χ0n) is 11.2. The van der Waals surface area contributed by atoms with Crippen LogP contribution < -0.4 is 10.9 Å². The zero-order valence-corrected chi connectivity index (χ0v) is 12.8. The molecule has 5 nitrogen and oxygen atoms in total. The molecule has 1 unspecified atom stereocenters. The maximum absolute atomic E-state index is 12.3. The van der Waals surface area contributed by atoms with Crippen LogP contribution in [-0.4, -0.2) is 22.1 Å². The molecule has 108 valence electrons. The number of nitrogens with zero attached hydrogens (tertiary/aromatic N) is 1. The van der Waals surface area contributed by atoms with Gasteiger partial charge in [0.25, 0.3) is 11.5 Å². The van der Waals surface area contributed by atoms with Crippen molar-refractivity contribution in [1.82, 2.24) is 15.5 Å². The summed E-state index contributed by atoms with van der Waals surface area (Å²) >= 11 is 3.38. The second kappa shape index (κ2) is 5.81. The van der Waals surface area contributed by atoms with Crippen LogP contribution in [-0.2, 0) is 12.8 Å². The van der Waals surface area contributed by atoms with Crippen molar-refractivity contribution in [2.75, 3.05) is 0 Å². The van der Waals surface area contributed by atoms with Gasteiger partial charge in [-0.05, 0) is 52.9 Å². The molecule has 1 atom stereocenters. The normalized spacial score (nSPS) is 17.1. The Bertz CT molecular complexity index is 742. The van der Waals surface area contributed by atoms with Crippen molar-refractivity contribution in [2.24, 2.45) is 0 Å². The van der Waals surface area contributed by atoms with E-state index in [0.29, 0.717) is 12.0 Å². The van der Waals surface area contributed by atoms with Crippen LogP contribution in [0.25, 0.3) is 0 Å². The number of carbonyl (C=O) groups is 1. The van der Waals surface area contributed by atoms with Crippen LogP contribution in [0.15, 0.2) is 39.6 Å². The summed E-state index contributed by atoms with van der Waals surface area (Å²) in [6, 6.07) is 8.92. The molecule has 2 N–H and O–H groups in total. The molecule has 0 saturated heterocycles. The van der Waals surface area contributed by atoms with Gasteiger partial charge in [0.1, 0.15) is 0 Å². The predicted molar refractivity (Wildman–Crippen MR) is 82.3 cm³/mol. The highest BCUT2D eigenvalue weighted by Crippen LogP contribution is 2.20. The summed E-state index contributed by atoms with van der Waals surface area (Å²) in [4.78, 5) is 23.6. The van der Waals surface area contributed by atoms with Gasteiger partial charge in [-0.15, -0.1) is 0 Å². The average Bonchev–Trinajstić information content (AvgIpc) is 2.47. The van der Waals surface area contributed by atoms with Gasteiger partial charge in [-0.25, -0.2) is 5.10 Å². The van der Waals surface area contributed by atoms with Gasteiger partial charge < -0.3 is 5.32 Å². The molecular formula is C15H14BrN3O2. The van der Waals surface area contributed by atoms with Gasteiger partial charge in [0, 0.05) is 16.6 Å². The number of amides is 1. The molecule has 1 aromatic heterocycles. The molecule has 1 heterocycles. The van der Waals surface area contributed by atoms with E-state index in [4.69, 9.17) is 0 Å².